The molecule has 3 amide bonds. The molecular weight excluding hydrogens is 401 g/mol. The van der Waals surface area contributed by atoms with Crippen molar-refractivity contribution in [3.63, 3.8) is 0 Å². The van der Waals surface area contributed by atoms with Crippen LogP contribution in [0.15, 0.2) is 53.0 Å². The molecule has 0 aliphatic heterocycles. The number of nitrogens with one attached hydrogen (secondary N) is 2. The molecular formula is C19H21BrFN3O2. The van der Waals surface area contributed by atoms with Gasteiger partial charge in [-0.2, -0.15) is 0 Å². The summed E-state index contributed by atoms with van der Waals surface area (Å²) in [5.74, 6) is -0.575. The minimum atomic E-state index is -0.364. The molecule has 0 saturated heterocycles. The van der Waals surface area contributed by atoms with Crippen LogP contribution in [0.4, 0.5) is 9.18 Å². The second-order valence-corrected chi connectivity index (χ2v) is 6.79. The zero-order valence-electron chi connectivity index (χ0n) is 14.5. The Morgan fingerprint density at radius 1 is 1.08 bits per heavy atom. The molecule has 0 aliphatic carbocycles. The third-order valence-electron chi connectivity index (χ3n) is 3.65. The molecule has 5 nitrogen and oxygen atoms in total. The molecule has 0 aliphatic rings. The number of amides is 3. The summed E-state index contributed by atoms with van der Waals surface area (Å²) in [6, 6.07) is 13.9. The Kier molecular flexibility index (Phi) is 7.59. The van der Waals surface area contributed by atoms with Gasteiger partial charge in [0.1, 0.15) is 5.82 Å². The molecule has 0 fully saturated rings. The van der Waals surface area contributed by atoms with Crippen LogP contribution in [-0.4, -0.2) is 30.4 Å². The quantitative estimate of drug-likeness (QED) is 0.719. The maximum absolute atomic E-state index is 13.3. The molecule has 0 spiro atoms. The molecule has 0 heterocycles. The summed E-state index contributed by atoms with van der Waals surface area (Å²) < 4.78 is 13.9. The van der Waals surface area contributed by atoms with Crippen LogP contribution < -0.4 is 10.6 Å². The highest BCUT2D eigenvalue weighted by Gasteiger charge is 2.09. The van der Waals surface area contributed by atoms with Crippen LogP contribution in [0.5, 0.6) is 0 Å². The molecule has 0 unspecified atom stereocenters. The van der Waals surface area contributed by atoms with Gasteiger partial charge in [0, 0.05) is 37.6 Å². The average molecular weight is 422 g/mol. The van der Waals surface area contributed by atoms with Gasteiger partial charge in [0.25, 0.3) is 0 Å². The van der Waals surface area contributed by atoms with Crippen molar-refractivity contribution in [1.82, 2.24) is 15.5 Å². The standard InChI is InChI=1S/C19H21BrFN3O2/c1-24(13-14-5-3-2-4-6-14)19(26)22-8-7-18(25)23-12-15-9-16(20)11-17(21)10-15/h2-6,9-11H,7-8,12-13H2,1H3,(H,22,26)(H,23,25). The summed E-state index contributed by atoms with van der Waals surface area (Å²) in [7, 11) is 1.70. The van der Waals surface area contributed by atoms with Crippen LogP contribution in [0.25, 0.3) is 0 Å². The van der Waals surface area contributed by atoms with E-state index in [0.717, 1.165) is 5.56 Å². The van der Waals surface area contributed by atoms with Gasteiger partial charge in [-0.15, -0.1) is 0 Å². The molecule has 7 heteroatoms. The molecule has 2 aromatic rings. The van der Waals surface area contributed by atoms with Crippen LogP contribution in [0, 0.1) is 5.82 Å². The Morgan fingerprint density at radius 2 is 1.81 bits per heavy atom. The van der Waals surface area contributed by atoms with E-state index in [1.807, 2.05) is 30.3 Å². The fourth-order valence-corrected chi connectivity index (χ4v) is 2.86. The van der Waals surface area contributed by atoms with Gasteiger partial charge in [-0.25, -0.2) is 9.18 Å². The number of hydrogen-bond acceptors (Lipinski definition) is 2. The van der Waals surface area contributed by atoms with Gasteiger partial charge in [-0.3, -0.25) is 4.79 Å². The highest BCUT2D eigenvalue weighted by molar-refractivity contribution is 9.10. The van der Waals surface area contributed by atoms with Crippen molar-refractivity contribution in [1.29, 1.82) is 0 Å². The number of halogens is 2. The maximum Gasteiger partial charge on any atom is 0.317 e. The van der Waals surface area contributed by atoms with E-state index in [2.05, 4.69) is 26.6 Å². The topological polar surface area (TPSA) is 61.4 Å². The molecule has 0 bridgehead atoms. The predicted molar refractivity (Wildman–Crippen MR) is 102 cm³/mol. The van der Waals surface area contributed by atoms with E-state index < -0.39 is 0 Å². The molecule has 26 heavy (non-hydrogen) atoms. The monoisotopic (exact) mass is 421 g/mol. The smallest absolute Gasteiger partial charge is 0.317 e. The lowest BCUT2D eigenvalue weighted by Gasteiger charge is -2.18. The van der Waals surface area contributed by atoms with E-state index in [0.29, 0.717) is 16.6 Å². The number of benzene rings is 2. The number of carbonyl (C=O) groups excluding carboxylic acids is 2. The fourth-order valence-electron chi connectivity index (χ4n) is 2.35. The summed E-state index contributed by atoms with van der Waals surface area (Å²) in [5, 5.41) is 5.41. The normalized spacial score (nSPS) is 10.3. The van der Waals surface area contributed by atoms with Crippen molar-refractivity contribution in [3.05, 3.63) is 69.9 Å². The lowest BCUT2D eigenvalue weighted by Crippen LogP contribution is -2.38. The van der Waals surface area contributed by atoms with E-state index in [1.54, 1.807) is 18.0 Å². The lowest BCUT2D eigenvalue weighted by molar-refractivity contribution is -0.121. The Balaban J connectivity index is 1.68. The summed E-state index contributed by atoms with van der Waals surface area (Å²) >= 11 is 3.21. The molecule has 0 saturated carbocycles. The number of nitrogens with zero attached hydrogens (tertiary/aromatic N) is 1. The predicted octanol–water partition coefficient (Wildman–Crippen LogP) is 3.44. The Bertz CT molecular complexity index is 735. The summed E-state index contributed by atoms with van der Waals surface area (Å²) in [6.45, 7) is 0.959. The highest BCUT2D eigenvalue weighted by atomic mass is 79.9. The highest BCUT2D eigenvalue weighted by Crippen LogP contribution is 2.14. The Morgan fingerprint density at radius 3 is 2.50 bits per heavy atom. The maximum atomic E-state index is 13.3. The first-order valence-corrected chi connectivity index (χ1v) is 8.98. The van der Waals surface area contributed by atoms with Crippen LogP contribution in [0.1, 0.15) is 17.5 Å². The third-order valence-corrected chi connectivity index (χ3v) is 4.11. The molecule has 2 aromatic carbocycles. The molecule has 2 N–H and O–H groups in total. The van der Waals surface area contributed by atoms with Crippen molar-refractivity contribution in [2.24, 2.45) is 0 Å². The molecule has 0 aromatic heterocycles. The van der Waals surface area contributed by atoms with Crippen molar-refractivity contribution in [2.45, 2.75) is 19.5 Å². The number of hydrogen-bond donors (Lipinski definition) is 2. The van der Waals surface area contributed by atoms with Crippen LogP contribution >= 0.6 is 15.9 Å². The van der Waals surface area contributed by atoms with Crippen LogP contribution in [0.3, 0.4) is 0 Å². The van der Waals surface area contributed by atoms with Gasteiger partial charge in [-0.1, -0.05) is 46.3 Å². The zero-order chi connectivity index (χ0) is 18.9. The van der Waals surface area contributed by atoms with Crippen molar-refractivity contribution in [2.75, 3.05) is 13.6 Å². The van der Waals surface area contributed by atoms with Gasteiger partial charge in [0.05, 0.1) is 0 Å². The van der Waals surface area contributed by atoms with Crippen molar-refractivity contribution < 1.29 is 14.0 Å². The fraction of sp³-hybridized carbons (Fsp3) is 0.263. The number of rotatable bonds is 7. The molecule has 0 radical (unpaired) electrons. The van der Waals surface area contributed by atoms with E-state index in [-0.39, 0.29) is 37.3 Å². The van der Waals surface area contributed by atoms with Gasteiger partial charge in [0.15, 0.2) is 0 Å². The third kappa shape index (κ3) is 6.84. The zero-order valence-corrected chi connectivity index (χ0v) is 16.1. The van der Waals surface area contributed by atoms with Gasteiger partial charge in [-0.05, 0) is 29.3 Å². The average Bonchev–Trinajstić information content (AvgIpc) is 2.60. The van der Waals surface area contributed by atoms with Gasteiger partial charge in [0.2, 0.25) is 5.91 Å². The van der Waals surface area contributed by atoms with Gasteiger partial charge < -0.3 is 15.5 Å². The SMILES string of the molecule is CN(Cc1ccccc1)C(=O)NCCC(=O)NCc1cc(F)cc(Br)c1. The summed E-state index contributed by atoms with van der Waals surface area (Å²) in [4.78, 5) is 25.4. The van der Waals surface area contributed by atoms with Crippen molar-refractivity contribution in [3.8, 4) is 0 Å². The van der Waals surface area contributed by atoms with E-state index in [1.165, 1.54) is 12.1 Å². The second kappa shape index (κ2) is 9.91. The van der Waals surface area contributed by atoms with E-state index in [4.69, 9.17) is 0 Å². The first kappa shape index (κ1) is 19.9. The van der Waals surface area contributed by atoms with E-state index >= 15 is 0 Å². The second-order valence-electron chi connectivity index (χ2n) is 5.88. The van der Waals surface area contributed by atoms with Crippen LogP contribution in [0.2, 0.25) is 0 Å². The minimum absolute atomic E-state index is 0.154. The van der Waals surface area contributed by atoms with E-state index in [9.17, 15) is 14.0 Å². The lowest BCUT2D eigenvalue weighted by atomic mass is 10.2. The largest absolute Gasteiger partial charge is 0.352 e. The summed E-state index contributed by atoms with van der Waals surface area (Å²) in [6.07, 6.45) is 0.154. The Labute approximate surface area is 160 Å². The Hall–Kier alpha value is -2.41. The first-order valence-electron chi connectivity index (χ1n) is 8.18. The van der Waals surface area contributed by atoms with Crippen molar-refractivity contribution >= 4 is 27.9 Å². The molecule has 138 valence electrons. The van der Waals surface area contributed by atoms with Gasteiger partial charge >= 0.3 is 6.03 Å². The molecule has 2 rings (SSSR count). The molecule has 0 atom stereocenters. The van der Waals surface area contributed by atoms with Crippen LogP contribution in [-0.2, 0) is 17.9 Å². The number of urea groups is 1. The first-order chi connectivity index (χ1) is 12.4. The summed E-state index contributed by atoms with van der Waals surface area (Å²) in [5.41, 5.74) is 1.70. The minimum Gasteiger partial charge on any atom is -0.352 e. The number of carbonyl (C=O) groups is 2.